The molecule has 1 saturated heterocycles. The van der Waals surface area contributed by atoms with Gasteiger partial charge in [0.2, 0.25) is 11.8 Å². The van der Waals surface area contributed by atoms with Crippen molar-refractivity contribution in [3.05, 3.63) is 34.9 Å². The summed E-state index contributed by atoms with van der Waals surface area (Å²) in [5.74, 6) is -2.37. The van der Waals surface area contributed by atoms with Gasteiger partial charge in [0.05, 0.1) is 12.0 Å². The molecule has 1 aromatic rings. The van der Waals surface area contributed by atoms with Gasteiger partial charge in [-0.1, -0.05) is 23.7 Å². The smallest absolute Gasteiger partial charge is 0.325 e. The molecule has 7 heteroatoms. The van der Waals surface area contributed by atoms with Gasteiger partial charge < -0.3 is 15.3 Å². The first-order valence-electron chi connectivity index (χ1n) is 6.85. The quantitative estimate of drug-likeness (QED) is 0.877. The SMILES string of the molecule is C[C@@H](NC(=O)C1CC(=O)N(C)C1c1cccc(Cl)c1)C(=O)O. The molecule has 0 bridgehead atoms. The van der Waals surface area contributed by atoms with Crippen LogP contribution in [0.25, 0.3) is 0 Å². The van der Waals surface area contributed by atoms with E-state index in [4.69, 9.17) is 16.7 Å². The third kappa shape index (κ3) is 3.22. The molecule has 0 spiro atoms. The highest BCUT2D eigenvalue weighted by molar-refractivity contribution is 6.30. The monoisotopic (exact) mass is 324 g/mol. The Hall–Kier alpha value is -2.08. The number of nitrogens with zero attached hydrogens (tertiary/aromatic N) is 1. The molecule has 0 saturated carbocycles. The molecule has 2 N–H and O–H groups in total. The standard InChI is InChI=1S/C15H17ClN2O4/c1-8(15(21)22)17-14(20)11-7-12(19)18(2)13(11)9-4-3-5-10(16)6-9/h3-6,8,11,13H,7H2,1-2H3,(H,17,20)(H,21,22)/t8-,11?,13?/m1/s1. The second-order valence-corrected chi connectivity index (χ2v) is 5.82. The number of carboxylic acids is 1. The van der Waals surface area contributed by atoms with Gasteiger partial charge in [0.1, 0.15) is 6.04 Å². The summed E-state index contributed by atoms with van der Waals surface area (Å²) in [5.41, 5.74) is 0.754. The van der Waals surface area contributed by atoms with Crippen LogP contribution in [0.4, 0.5) is 0 Å². The molecular formula is C15H17ClN2O4. The Bertz CT molecular complexity index is 619. The number of aliphatic carboxylic acids is 1. The van der Waals surface area contributed by atoms with Gasteiger partial charge in [0.25, 0.3) is 0 Å². The number of halogens is 1. The van der Waals surface area contributed by atoms with Crippen molar-refractivity contribution >= 4 is 29.4 Å². The lowest BCUT2D eigenvalue weighted by Crippen LogP contribution is -2.43. The molecule has 2 amide bonds. The fourth-order valence-corrected chi connectivity index (χ4v) is 2.83. The van der Waals surface area contributed by atoms with Crippen molar-refractivity contribution in [2.24, 2.45) is 5.92 Å². The predicted molar refractivity (Wildman–Crippen MR) is 80.3 cm³/mol. The first kappa shape index (κ1) is 16.3. The zero-order chi connectivity index (χ0) is 16.4. The highest BCUT2D eigenvalue weighted by Crippen LogP contribution is 2.37. The number of carbonyl (C=O) groups is 3. The number of rotatable bonds is 4. The van der Waals surface area contributed by atoms with Crippen molar-refractivity contribution in [3.63, 3.8) is 0 Å². The summed E-state index contributed by atoms with van der Waals surface area (Å²) >= 11 is 5.98. The van der Waals surface area contributed by atoms with E-state index in [2.05, 4.69) is 5.32 Å². The van der Waals surface area contributed by atoms with E-state index in [0.29, 0.717) is 5.02 Å². The van der Waals surface area contributed by atoms with Gasteiger partial charge >= 0.3 is 5.97 Å². The van der Waals surface area contributed by atoms with E-state index in [0.717, 1.165) is 5.56 Å². The molecule has 0 aromatic heterocycles. The molecule has 6 nitrogen and oxygen atoms in total. The van der Waals surface area contributed by atoms with Crippen molar-refractivity contribution in [2.45, 2.75) is 25.4 Å². The molecule has 1 aliphatic heterocycles. The lowest BCUT2D eigenvalue weighted by atomic mass is 9.92. The van der Waals surface area contributed by atoms with Crippen LogP contribution in [-0.2, 0) is 14.4 Å². The van der Waals surface area contributed by atoms with Gasteiger partial charge in [-0.05, 0) is 24.6 Å². The number of amides is 2. The Labute approximate surface area is 133 Å². The number of hydrogen-bond donors (Lipinski definition) is 2. The fraction of sp³-hybridized carbons (Fsp3) is 0.400. The van der Waals surface area contributed by atoms with Crippen LogP contribution in [0.2, 0.25) is 5.02 Å². The summed E-state index contributed by atoms with van der Waals surface area (Å²) in [6.07, 6.45) is 0.0475. The fourth-order valence-electron chi connectivity index (χ4n) is 2.63. The number of hydrogen-bond acceptors (Lipinski definition) is 3. The Balaban J connectivity index is 2.27. The van der Waals surface area contributed by atoms with E-state index in [1.807, 2.05) is 0 Å². The van der Waals surface area contributed by atoms with Gasteiger partial charge in [0, 0.05) is 18.5 Å². The maximum Gasteiger partial charge on any atom is 0.325 e. The number of likely N-dealkylation sites (tertiary alicyclic amines) is 1. The lowest BCUT2D eigenvalue weighted by Gasteiger charge is -2.25. The normalized spacial score (nSPS) is 22.5. The van der Waals surface area contributed by atoms with Crippen molar-refractivity contribution in [3.8, 4) is 0 Å². The minimum absolute atomic E-state index is 0.0475. The summed E-state index contributed by atoms with van der Waals surface area (Å²) in [6, 6.07) is 5.52. The van der Waals surface area contributed by atoms with E-state index in [9.17, 15) is 14.4 Å². The molecular weight excluding hydrogens is 308 g/mol. The van der Waals surface area contributed by atoms with Gasteiger partial charge in [0.15, 0.2) is 0 Å². The van der Waals surface area contributed by atoms with E-state index in [1.165, 1.54) is 11.8 Å². The van der Waals surface area contributed by atoms with E-state index >= 15 is 0 Å². The molecule has 1 heterocycles. The van der Waals surface area contributed by atoms with Crippen LogP contribution >= 0.6 is 11.6 Å². The number of carbonyl (C=O) groups excluding carboxylic acids is 2. The summed E-state index contributed by atoms with van der Waals surface area (Å²) in [6.45, 7) is 1.38. The second-order valence-electron chi connectivity index (χ2n) is 5.38. The van der Waals surface area contributed by atoms with Crippen LogP contribution < -0.4 is 5.32 Å². The molecule has 1 aliphatic rings. The lowest BCUT2D eigenvalue weighted by molar-refractivity contribution is -0.142. The van der Waals surface area contributed by atoms with Crippen molar-refractivity contribution in [1.82, 2.24) is 10.2 Å². The highest BCUT2D eigenvalue weighted by atomic mass is 35.5. The summed E-state index contributed by atoms with van der Waals surface area (Å²) in [5, 5.41) is 11.8. The van der Waals surface area contributed by atoms with Crippen LogP contribution in [0.3, 0.4) is 0 Å². The number of carboxylic acid groups (broad SMARTS) is 1. The Morgan fingerprint density at radius 2 is 2.14 bits per heavy atom. The van der Waals surface area contributed by atoms with Gasteiger partial charge in [-0.3, -0.25) is 14.4 Å². The van der Waals surface area contributed by atoms with Crippen LogP contribution in [0, 0.1) is 5.92 Å². The second kappa shape index (κ2) is 6.36. The first-order chi connectivity index (χ1) is 10.3. The Morgan fingerprint density at radius 3 is 2.73 bits per heavy atom. The van der Waals surface area contributed by atoms with Crippen LogP contribution in [0.15, 0.2) is 24.3 Å². The molecule has 22 heavy (non-hydrogen) atoms. The zero-order valence-corrected chi connectivity index (χ0v) is 13.0. The first-order valence-corrected chi connectivity index (χ1v) is 7.23. The molecule has 0 radical (unpaired) electrons. The molecule has 1 aromatic carbocycles. The van der Waals surface area contributed by atoms with Crippen LogP contribution in [0.5, 0.6) is 0 Å². The van der Waals surface area contributed by atoms with Crippen molar-refractivity contribution in [2.75, 3.05) is 7.05 Å². The predicted octanol–water partition coefficient (Wildman–Crippen LogP) is 1.45. The van der Waals surface area contributed by atoms with Gasteiger partial charge in [-0.2, -0.15) is 0 Å². The topological polar surface area (TPSA) is 86.7 Å². The summed E-state index contributed by atoms with van der Waals surface area (Å²) in [4.78, 5) is 36.7. The zero-order valence-electron chi connectivity index (χ0n) is 12.2. The van der Waals surface area contributed by atoms with Crippen LogP contribution in [-0.4, -0.2) is 40.9 Å². The van der Waals surface area contributed by atoms with Gasteiger partial charge in [-0.15, -0.1) is 0 Å². The molecule has 118 valence electrons. The Kier molecular flexibility index (Phi) is 4.71. The van der Waals surface area contributed by atoms with Crippen molar-refractivity contribution < 1.29 is 19.5 Å². The molecule has 2 unspecified atom stereocenters. The maximum atomic E-state index is 12.3. The average Bonchev–Trinajstić information content (AvgIpc) is 2.75. The number of nitrogens with one attached hydrogen (secondary N) is 1. The van der Waals surface area contributed by atoms with Gasteiger partial charge in [-0.25, -0.2) is 0 Å². The molecule has 3 atom stereocenters. The Morgan fingerprint density at radius 1 is 1.45 bits per heavy atom. The minimum atomic E-state index is -1.12. The van der Waals surface area contributed by atoms with E-state index in [1.54, 1.807) is 31.3 Å². The minimum Gasteiger partial charge on any atom is -0.480 e. The average molecular weight is 325 g/mol. The van der Waals surface area contributed by atoms with Crippen LogP contribution in [0.1, 0.15) is 24.9 Å². The molecule has 1 fully saturated rings. The third-order valence-corrected chi connectivity index (χ3v) is 4.08. The summed E-state index contributed by atoms with van der Waals surface area (Å²) in [7, 11) is 1.63. The van der Waals surface area contributed by atoms with Crippen molar-refractivity contribution in [1.29, 1.82) is 0 Å². The molecule has 2 rings (SSSR count). The molecule has 0 aliphatic carbocycles. The largest absolute Gasteiger partial charge is 0.480 e. The maximum absolute atomic E-state index is 12.3. The van der Waals surface area contributed by atoms with E-state index in [-0.39, 0.29) is 12.3 Å². The van der Waals surface area contributed by atoms with E-state index < -0.39 is 29.9 Å². The third-order valence-electron chi connectivity index (χ3n) is 3.84. The summed E-state index contributed by atoms with van der Waals surface area (Å²) < 4.78 is 0. The number of benzene rings is 1. The highest BCUT2D eigenvalue weighted by Gasteiger charge is 2.43.